The third-order valence-electron chi connectivity index (χ3n) is 3.96. The average molecular weight is 296 g/mol. The second-order valence-electron chi connectivity index (χ2n) is 5.45. The molecule has 2 rings (SSSR count). The summed E-state index contributed by atoms with van der Waals surface area (Å²) < 4.78 is 0. The van der Waals surface area contributed by atoms with Gasteiger partial charge in [0.2, 0.25) is 0 Å². The zero-order valence-electron chi connectivity index (χ0n) is 11.8. The number of rotatable bonds is 3. The molecule has 20 heavy (non-hydrogen) atoms. The molecule has 1 fully saturated rings. The maximum atomic E-state index is 12.0. The lowest BCUT2D eigenvalue weighted by Gasteiger charge is -2.31. The molecule has 5 heteroatoms. The van der Waals surface area contributed by atoms with Crippen molar-refractivity contribution in [2.75, 3.05) is 11.9 Å². The van der Waals surface area contributed by atoms with E-state index < -0.39 is 0 Å². The van der Waals surface area contributed by atoms with Gasteiger partial charge in [0.25, 0.3) is 0 Å². The number of halogens is 1. The van der Waals surface area contributed by atoms with Crippen molar-refractivity contribution in [3.63, 3.8) is 0 Å². The van der Waals surface area contributed by atoms with E-state index in [-0.39, 0.29) is 12.1 Å². The van der Waals surface area contributed by atoms with E-state index in [4.69, 9.17) is 17.3 Å². The van der Waals surface area contributed by atoms with Crippen LogP contribution in [0.15, 0.2) is 18.2 Å². The van der Waals surface area contributed by atoms with Crippen LogP contribution in [-0.2, 0) is 0 Å². The van der Waals surface area contributed by atoms with E-state index in [9.17, 15) is 4.79 Å². The Morgan fingerprint density at radius 2 is 2.15 bits per heavy atom. The quantitative estimate of drug-likeness (QED) is 0.801. The van der Waals surface area contributed by atoms with Gasteiger partial charge in [0, 0.05) is 16.8 Å². The van der Waals surface area contributed by atoms with E-state index in [1.165, 1.54) is 6.42 Å². The van der Waals surface area contributed by atoms with Crippen LogP contribution in [0.3, 0.4) is 0 Å². The number of nitrogens with one attached hydrogen (secondary N) is 2. The standard InChI is InChI=1S/C15H22ClN3O/c1-10-6-7-12(8-13(10)16)18-15(20)19-14-5-3-2-4-11(14)9-17/h6-8,11,14H,2-5,9,17H2,1H3,(H2,18,19,20). The molecule has 4 nitrogen and oxygen atoms in total. The number of benzene rings is 1. The number of nitrogens with two attached hydrogens (primary N) is 1. The van der Waals surface area contributed by atoms with E-state index in [0.29, 0.717) is 23.2 Å². The van der Waals surface area contributed by atoms with Gasteiger partial charge in [-0.2, -0.15) is 0 Å². The number of urea groups is 1. The molecule has 0 spiro atoms. The van der Waals surface area contributed by atoms with Gasteiger partial charge in [-0.25, -0.2) is 4.79 Å². The third kappa shape index (κ3) is 3.87. The summed E-state index contributed by atoms with van der Waals surface area (Å²) in [7, 11) is 0. The lowest BCUT2D eigenvalue weighted by molar-refractivity contribution is 0.229. The Kier molecular flexibility index (Phi) is 5.26. The minimum Gasteiger partial charge on any atom is -0.335 e. The van der Waals surface area contributed by atoms with Crippen LogP contribution in [0, 0.1) is 12.8 Å². The molecule has 1 aliphatic rings. The highest BCUT2D eigenvalue weighted by molar-refractivity contribution is 6.31. The smallest absolute Gasteiger partial charge is 0.319 e. The number of hydrogen-bond acceptors (Lipinski definition) is 2. The monoisotopic (exact) mass is 295 g/mol. The summed E-state index contributed by atoms with van der Waals surface area (Å²) in [6.07, 6.45) is 4.45. The SMILES string of the molecule is Cc1ccc(NC(=O)NC2CCCCC2CN)cc1Cl. The van der Waals surface area contributed by atoms with Crippen molar-refractivity contribution in [2.45, 2.75) is 38.6 Å². The molecule has 0 aliphatic heterocycles. The molecule has 110 valence electrons. The summed E-state index contributed by atoms with van der Waals surface area (Å²) in [5, 5.41) is 6.51. The zero-order valence-corrected chi connectivity index (χ0v) is 12.5. The van der Waals surface area contributed by atoms with E-state index in [2.05, 4.69) is 10.6 Å². The van der Waals surface area contributed by atoms with Gasteiger partial charge < -0.3 is 16.4 Å². The van der Waals surface area contributed by atoms with Crippen molar-refractivity contribution < 1.29 is 4.79 Å². The molecule has 0 saturated heterocycles. The summed E-state index contributed by atoms with van der Waals surface area (Å²) in [5.41, 5.74) is 7.47. The van der Waals surface area contributed by atoms with Gasteiger partial charge in [-0.15, -0.1) is 0 Å². The number of amides is 2. The number of carbonyl (C=O) groups excluding carboxylic acids is 1. The second-order valence-corrected chi connectivity index (χ2v) is 5.86. The van der Waals surface area contributed by atoms with Crippen LogP contribution >= 0.6 is 11.6 Å². The molecule has 2 amide bonds. The van der Waals surface area contributed by atoms with Crippen LogP contribution in [0.1, 0.15) is 31.2 Å². The average Bonchev–Trinajstić information content (AvgIpc) is 2.43. The Bertz CT molecular complexity index is 478. The molecule has 1 aliphatic carbocycles. The molecule has 0 heterocycles. The largest absolute Gasteiger partial charge is 0.335 e. The van der Waals surface area contributed by atoms with Gasteiger partial charge in [-0.3, -0.25) is 0 Å². The Morgan fingerprint density at radius 3 is 2.85 bits per heavy atom. The topological polar surface area (TPSA) is 67.2 Å². The first-order valence-electron chi connectivity index (χ1n) is 7.14. The van der Waals surface area contributed by atoms with Crippen molar-refractivity contribution in [1.29, 1.82) is 0 Å². The predicted octanol–water partition coefficient (Wildman–Crippen LogP) is 3.29. The zero-order chi connectivity index (χ0) is 14.5. The van der Waals surface area contributed by atoms with E-state index >= 15 is 0 Å². The molecule has 0 bridgehead atoms. The van der Waals surface area contributed by atoms with E-state index in [1.54, 1.807) is 6.07 Å². The first-order chi connectivity index (χ1) is 9.60. The lowest BCUT2D eigenvalue weighted by atomic mass is 9.84. The fourth-order valence-corrected chi connectivity index (χ4v) is 2.87. The second kappa shape index (κ2) is 6.95. The first-order valence-corrected chi connectivity index (χ1v) is 7.51. The fraction of sp³-hybridized carbons (Fsp3) is 0.533. The van der Waals surface area contributed by atoms with Crippen molar-refractivity contribution in [3.05, 3.63) is 28.8 Å². The van der Waals surface area contributed by atoms with Crippen LogP contribution in [0.5, 0.6) is 0 Å². The van der Waals surface area contributed by atoms with Gasteiger partial charge in [-0.05, 0) is 49.9 Å². The number of hydrogen-bond donors (Lipinski definition) is 3. The predicted molar refractivity (Wildman–Crippen MR) is 83.1 cm³/mol. The van der Waals surface area contributed by atoms with Crippen LogP contribution < -0.4 is 16.4 Å². The van der Waals surface area contributed by atoms with Gasteiger partial charge in [0.05, 0.1) is 0 Å². The normalized spacial score (nSPS) is 22.4. The van der Waals surface area contributed by atoms with Crippen molar-refractivity contribution in [3.8, 4) is 0 Å². The first kappa shape index (κ1) is 15.1. The summed E-state index contributed by atoms with van der Waals surface area (Å²) >= 11 is 6.05. The van der Waals surface area contributed by atoms with Gasteiger partial charge in [0.15, 0.2) is 0 Å². The Balaban J connectivity index is 1.92. The maximum absolute atomic E-state index is 12.0. The molecule has 0 aromatic heterocycles. The number of anilines is 1. The van der Waals surface area contributed by atoms with Gasteiger partial charge in [0.1, 0.15) is 0 Å². The van der Waals surface area contributed by atoms with E-state index in [0.717, 1.165) is 24.8 Å². The van der Waals surface area contributed by atoms with Crippen LogP contribution in [0.4, 0.5) is 10.5 Å². The molecular formula is C15H22ClN3O. The van der Waals surface area contributed by atoms with Gasteiger partial charge in [-0.1, -0.05) is 30.5 Å². The molecule has 1 aromatic rings. The summed E-state index contributed by atoms with van der Waals surface area (Å²) in [6.45, 7) is 2.56. The van der Waals surface area contributed by atoms with Crippen molar-refractivity contribution in [2.24, 2.45) is 11.7 Å². The lowest BCUT2D eigenvalue weighted by Crippen LogP contribution is -2.46. The van der Waals surface area contributed by atoms with Crippen LogP contribution in [0.2, 0.25) is 5.02 Å². The summed E-state index contributed by atoms with van der Waals surface area (Å²) in [5.74, 6) is 0.385. The molecule has 0 radical (unpaired) electrons. The van der Waals surface area contributed by atoms with Crippen molar-refractivity contribution in [1.82, 2.24) is 5.32 Å². The minimum absolute atomic E-state index is 0.176. The molecule has 2 unspecified atom stereocenters. The van der Waals surface area contributed by atoms with E-state index in [1.807, 2.05) is 19.1 Å². The highest BCUT2D eigenvalue weighted by atomic mass is 35.5. The summed E-state index contributed by atoms with van der Waals surface area (Å²) in [6, 6.07) is 5.49. The van der Waals surface area contributed by atoms with Crippen LogP contribution in [-0.4, -0.2) is 18.6 Å². The number of carbonyl (C=O) groups is 1. The minimum atomic E-state index is -0.185. The molecule has 4 N–H and O–H groups in total. The maximum Gasteiger partial charge on any atom is 0.319 e. The third-order valence-corrected chi connectivity index (χ3v) is 4.37. The highest BCUT2D eigenvalue weighted by Gasteiger charge is 2.25. The van der Waals surface area contributed by atoms with Crippen molar-refractivity contribution >= 4 is 23.3 Å². The summed E-state index contributed by atoms with van der Waals surface area (Å²) in [4.78, 5) is 12.0. The molecule has 2 atom stereocenters. The molecular weight excluding hydrogens is 274 g/mol. The number of aryl methyl sites for hydroxylation is 1. The molecule has 1 saturated carbocycles. The Labute approximate surface area is 125 Å². The highest BCUT2D eigenvalue weighted by Crippen LogP contribution is 2.24. The Hall–Kier alpha value is -1.26. The van der Waals surface area contributed by atoms with Crippen LogP contribution in [0.25, 0.3) is 0 Å². The Morgan fingerprint density at radius 1 is 1.40 bits per heavy atom. The fourth-order valence-electron chi connectivity index (χ4n) is 2.69. The van der Waals surface area contributed by atoms with Gasteiger partial charge >= 0.3 is 6.03 Å². The molecule has 1 aromatic carbocycles.